The molecule has 4 heterocycles. The highest BCUT2D eigenvalue weighted by molar-refractivity contribution is 5.99. The molecule has 0 aromatic carbocycles. The minimum atomic E-state index is -1.67. The van der Waals surface area contributed by atoms with Gasteiger partial charge in [-0.3, -0.25) is 57.7 Å². The summed E-state index contributed by atoms with van der Waals surface area (Å²) in [5.74, 6) is -10.9. The standard InChI is InChI=1S/C45H71N13O16/c1-23(41(70)58-21-7-12-31(58)43(72)57-20-6-11-30(57)38(67)52-26(13-15-33(61)62)36(65)53-27(44(73)74)14-16-34(63)64)51-40(69)35(24(2)59)54-39(68)29-10-4-18-55(29)32(60)22-50-37(66)28-9-5-19-56(28)42(71)25(46)8-3-17-49-45(47)48/h23-31,35,59H,3-22,46H2,1-2H3,(H,50,66)(H,51,69)(H,52,67)(H,53,65)(H,54,68)(H,61,62)(H,63,64)(H,73,74)(H4,47,48,49)/t23-,24+,25-,26-,27-,28-,29-,30-,31-,35-/m0/s1. The van der Waals surface area contributed by atoms with E-state index in [4.69, 9.17) is 22.3 Å². The number of rotatable bonds is 26. The summed E-state index contributed by atoms with van der Waals surface area (Å²) in [5, 5.41) is 50.5. The van der Waals surface area contributed by atoms with Crippen molar-refractivity contribution in [2.75, 3.05) is 39.3 Å². The lowest BCUT2D eigenvalue weighted by atomic mass is 10.1. The van der Waals surface area contributed by atoms with Gasteiger partial charge in [0.1, 0.15) is 48.3 Å². The number of amides is 9. The Hall–Kier alpha value is -7.17. The van der Waals surface area contributed by atoms with E-state index in [1.807, 2.05) is 0 Å². The third kappa shape index (κ3) is 16.4. The molecule has 0 bridgehead atoms. The Morgan fingerprint density at radius 3 is 1.65 bits per heavy atom. The third-order valence-electron chi connectivity index (χ3n) is 13.4. The first kappa shape index (κ1) is 59.4. The number of carbonyl (C=O) groups is 12. The summed E-state index contributed by atoms with van der Waals surface area (Å²) in [5.41, 5.74) is 16.8. The van der Waals surface area contributed by atoms with Crippen LogP contribution in [0.2, 0.25) is 0 Å². The molecule has 15 N–H and O–H groups in total. The highest BCUT2D eigenvalue weighted by Crippen LogP contribution is 2.26. The molecule has 4 saturated heterocycles. The maximum atomic E-state index is 14.1. The lowest BCUT2D eigenvalue weighted by molar-refractivity contribution is -0.148. The molecule has 0 spiro atoms. The molecule has 10 atom stereocenters. The number of hydrogen-bond donors (Lipinski definition) is 12. The first-order valence-electron chi connectivity index (χ1n) is 24.8. The number of carbonyl (C=O) groups excluding carboxylic acids is 9. The van der Waals surface area contributed by atoms with Gasteiger partial charge in [-0.15, -0.1) is 0 Å². The summed E-state index contributed by atoms with van der Waals surface area (Å²) in [4.78, 5) is 165. The molecule has 29 nitrogen and oxygen atoms in total. The van der Waals surface area contributed by atoms with Crippen LogP contribution in [-0.2, 0) is 57.5 Å². The lowest BCUT2D eigenvalue weighted by Crippen LogP contribution is -2.60. The van der Waals surface area contributed by atoms with E-state index in [9.17, 15) is 72.9 Å². The maximum Gasteiger partial charge on any atom is 0.326 e. The van der Waals surface area contributed by atoms with Gasteiger partial charge in [-0.05, 0) is 90.9 Å². The summed E-state index contributed by atoms with van der Waals surface area (Å²) < 4.78 is 0. The van der Waals surface area contributed by atoms with Crippen molar-refractivity contribution in [2.45, 2.75) is 164 Å². The number of nitrogens with zero attached hydrogens (tertiary/aromatic N) is 5. The molecule has 0 radical (unpaired) electrons. The number of aliphatic hydroxyl groups is 1. The van der Waals surface area contributed by atoms with Gasteiger partial charge in [-0.1, -0.05) is 0 Å². The SMILES string of the molecule is C[C@H](NC(=O)[C@@H](NC(=O)[C@@H]1CCCN1C(=O)CNC(=O)[C@@H]1CCCN1C(=O)[C@@H](N)CCCN=C(N)N)[C@@H](C)O)C(=O)N1CCC[C@H]1C(=O)N1CCC[C@H]1C(=O)N[C@@H](CCC(=O)O)C(=O)N[C@@H](CCC(=O)O)C(=O)O. The molecule has 4 rings (SSSR count). The van der Waals surface area contributed by atoms with Gasteiger partial charge in [0.05, 0.1) is 18.7 Å². The molecule has 4 fully saturated rings. The highest BCUT2D eigenvalue weighted by atomic mass is 16.4. The predicted molar refractivity (Wildman–Crippen MR) is 256 cm³/mol. The zero-order valence-corrected chi connectivity index (χ0v) is 41.6. The topological polar surface area (TPSA) is 449 Å². The molecule has 29 heteroatoms. The van der Waals surface area contributed by atoms with Crippen LogP contribution in [0.15, 0.2) is 4.99 Å². The van der Waals surface area contributed by atoms with Crippen LogP contribution < -0.4 is 43.8 Å². The van der Waals surface area contributed by atoms with E-state index in [2.05, 4.69) is 31.6 Å². The zero-order valence-electron chi connectivity index (χ0n) is 41.6. The summed E-state index contributed by atoms with van der Waals surface area (Å²) in [6.07, 6.45) is -0.522. The molecule has 4 aliphatic rings. The highest BCUT2D eigenvalue weighted by Gasteiger charge is 2.45. The molecular weight excluding hydrogens is 979 g/mol. The molecule has 74 heavy (non-hydrogen) atoms. The molecule has 412 valence electrons. The van der Waals surface area contributed by atoms with Crippen LogP contribution in [-0.4, -0.2) is 217 Å². The number of likely N-dealkylation sites (tertiary alicyclic amines) is 4. The van der Waals surface area contributed by atoms with Gasteiger partial charge in [0, 0.05) is 45.6 Å². The van der Waals surface area contributed by atoms with Crippen LogP contribution in [0.4, 0.5) is 0 Å². The van der Waals surface area contributed by atoms with Crippen molar-refractivity contribution in [1.82, 2.24) is 46.2 Å². The fraction of sp³-hybridized carbons (Fsp3) is 0.711. The van der Waals surface area contributed by atoms with Gasteiger partial charge in [0.15, 0.2) is 5.96 Å². The van der Waals surface area contributed by atoms with E-state index in [0.717, 1.165) is 0 Å². The van der Waals surface area contributed by atoms with Crippen LogP contribution in [0, 0.1) is 0 Å². The van der Waals surface area contributed by atoms with Gasteiger partial charge in [-0.2, -0.15) is 0 Å². The average Bonchev–Trinajstić information content (AvgIpc) is 4.20. The van der Waals surface area contributed by atoms with E-state index in [-0.39, 0.29) is 57.8 Å². The number of aliphatic carboxylic acids is 3. The number of aliphatic imine (C=N–C) groups is 1. The second-order valence-electron chi connectivity index (χ2n) is 18.9. The van der Waals surface area contributed by atoms with E-state index in [1.54, 1.807) is 0 Å². The number of nitrogens with two attached hydrogens (primary N) is 3. The molecule has 4 aliphatic heterocycles. The van der Waals surface area contributed by atoms with Crippen LogP contribution in [0.5, 0.6) is 0 Å². The van der Waals surface area contributed by atoms with E-state index in [1.165, 1.54) is 33.4 Å². The quantitative estimate of drug-likeness (QED) is 0.0219. The second-order valence-corrected chi connectivity index (χ2v) is 18.9. The minimum absolute atomic E-state index is 0.0699. The second kappa shape index (κ2) is 27.8. The first-order chi connectivity index (χ1) is 34.9. The van der Waals surface area contributed by atoms with Crippen molar-refractivity contribution in [3.8, 4) is 0 Å². The summed E-state index contributed by atoms with van der Waals surface area (Å²) in [6, 6.07) is -11.3. The normalized spacial score (nSPS) is 21.8. The largest absolute Gasteiger partial charge is 0.481 e. The van der Waals surface area contributed by atoms with Gasteiger partial charge in [-0.25, -0.2) is 4.79 Å². The van der Waals surface area contributed by atoms with Crippen molar-refractivity contribution in [3.05, 3.63) is 0 Å². The lowest BCUT2D eigenvalue weighted by Gasteiger charge is -2.33. The Bertz CT molecular complexity index is 2160. The molecule has 0 unspecified atom stereocenters. The number of carboxylic acids is 3. The smallest absolute Gasteiger partial charge is 0.326 e. The molecule has 0 saturated carbocycles. The van der Waals surface area contributed by atoms with E-state index < -0.39 is 164 Å². The van der Waals surface area contributed by atoms with Gasteiger partial charge in [0.2, 0.25) is 53.2 Å². The predicted octanol–water partition coefficient (Wildman–Crippen LogP) is -5.40. The molecular formula is C45H71N13O16. The van der Waals surface area contributed by atoms with Crippen LogP contribution in [0.25, 0.3) is 0 Å². The number of carboxylic acid groups (broad SMARTS) is 3. The number of guanidine groups is 1. The minimum Gasteiger partial charge on any atom is -0.481 e. The number of nitrogens with one attached hydrogen (secondary N) is 5. The van der Waals surface area contributed by atoms with Gasteiger partial charge >= 0.3 is 17.9 Å². The Morgan fingerprint density at radius 1 is 0.595 bits per heavy atom. The Kier molecular flexibility index (Phi) is 22.3. The first-order valence-corrected chi connectivity index (χ1v) is 24.8. The fourth-order valence-corrected chi connectivity index (χ4v) is 9.53. The van der Waals surface area contributed by atoms with Gasteiger partial charge < -0.3 is 83.8 Å². The summed E-state index contributed by atoms with van der Waals surface area (Å²) in [6.45, 7) is 2.93. The van der Waals surface area contributed by atoms with Crippen molar-refractivity contribution in [3.63, 3.8) is 0 Å². The maximum absolute atomic E-state index is 14.1. The average molecular weight is 1050 g/mol. The Morgan fingerprint density at radius 2 is 1.09 bits per heavy atom. The third-order valence-corrected chi connectivity index (χ3v) is 13.4. The van der Waals surface area contributed by atoms with Crippen molar-refractivity contribution in [1.29, 1.82) is 0 Å². The molecule has 0 aromatic heterocycles. The number of hydrogen-bond acceptors (Lipinski definition) is 15. The van der Waals surface area contributed by atoms with Crippen LogP contribution in [0.3, 0.4) is 0 Å². The van der Waals surface area contributed by atoms with Crippen molar-refractivity contribution >= 4 is 77.0 Å². The number of aliphatic hydroxyl groups excluding tert-OH is 1. The molecule has 0 aliphatic carbocycles. The Labute approximate surface area is 426 Å². The molecule has 9 amide bonds. The fourth-order valence-electron chi connectivity index (χ4n) is 9.53. The Balaban J connectivity index is 1.33. The van der Waals surface area contributed by atoms with Crippen molar-refractivity contribution in [2.24, 2.45) is 22.2 Å². The van der Waals surface area contributed by atoms with Crippen LogP contribution >= 0.6 is 0 Å². The van der Waals surface area contributed by atoms with E-state index in [0.29, 0.717) is 45.1 Å². The van der Waals surface area contributed by atoms with Crippen molar-refractivity contribution < 1.29 is 78.0 Å². The van der Waals surface area contributed by atoms with Crippen LogP contribution in [0.1, 0.15) is 104 Å². The summed E-state index contributed by atoms with van der Waals surface area (Å²) in [7, 11) is 0. The zero-order chi connectivity index (χ0) is 55.0. The van der Waals surface area contributed by atoms with Gasteiger partial charge in [0.25, 0.3) is 0 Å². The monoisotopic (exact) mass is 1050 g/mol. The van der Waals surface area contributed by atoms with E-state index >= 15 is 0 Å². The molecule has 0 aromatic rings. The summed E-state index contributed by atoms with van der Waals surface area (Å²) >= 11 is 0.